The fourth-order valence-electron chi connectivity index (χ4n) is 0.999. The van der Waals surface area contributed by atoms with Crippen LogP contribution in [0.4, 0.5) is 0 Å². The first-order valence-electron chi connectivity index (χ1n) is 4.60. The Labute approximate surface area is 94.4 Å². The largest absolute Gasteiger partial charge is 0.318 e. The molecule has 0 aromatic carbocycles. The predicted octanol–water partition coefficient (Wildman–Crippen LogP) is -0.549. The van der Waals surface area contributed by atoms with E-state index in [0.29, 0.717) is 13.1 Å². The molecule has 0 bridgehead atoms. The quantitative estimate of drug-likeness (QED) is 0.673. The van der Waals surface area contributed by atoms with Crippen LogP contribution < -0.4 is 10.0 Å². The molecule has 6 nitrogen and oxygen atoms in total. The summed E-state index contributed by atoms with van der Waals surface area (Å²) >= 11 is 0. The van der Waals surface area contributed by atoms with E-state index in [-0.39, 0.29) is 10.6 Å². The number of rotatable bonds is 5. The molecule has 0 aliphatic carbocycles. The van der Waals surface area contributed by atoms with Gasteiger partial charge in [-0.25, -0.2) is 18.1 Å². The molecule has 86 valence electrons. The van der Waals surface area contributed by atoms with Crippen molar-refractivity contribution < 1.29 is 8.42 Å². The van der Waals surface area contributed by atoms with E-state index in [0.717, 1.165) is 0 Å². The molecule has 16 heavy (non-hydrogen) atoms. The highest BCUT2D eigenvalue weighted by Gasteiger charge is 2.13. The SMILES string of the molecule is CNCCNS(=O)(=O)c1ccc(C#N)nc1. The number of sulfonamides is 1. The molecule has 0 radical (unpaired) electrons. The van der Waals surface area contributed by atoms with Gasteiger partial charge in [-0.15, -0.1) is 0 Å². The Morgan fingerprint density at radius 2 is 2.19 bits per heavy atom. The van der Waals surface area contributed by atoms with Gasteiger partial charge in [0.2, 0.25) is 10.0 Å². The molecule has 0 spiro atoms. The fraction of sp³-hybridized carbons (Fsp3) is 0.333. The van der Waals surface area contributed by atoms with Gasteiger partial charge in [0.15, 0.2) is 0 Å². The van der Waals surface area contributed by atoms with Crippen LogP contribution in [0.1, 0.15) is 5.69 Å². The first-order valence-corrected chi connectivity index (χ1v) is 6.09. The van der Waals surface area contributed by atoms with Crippen LogP contribution in [-0.2, 0) is 10.0 Å². The molecule has 0 atom stereocenters. The van der Waals surface area contributed by atoms with Crippen molar-refractivity contribution in [2.45, 2.75) is 4.90 Å². The van der Waals surface area contributed by atoms with Gasteiger partial charge in [0.05, 0.1) is 0 Å². The van der Waals surface area contributed by atoms with Crippen molar-refractivity contribution in [3.63, 3.8) is 0 Å². The summed E-state index contributed by atoms with van der Waals surface area (Å²) in [5.41, 5.74) is 0.189. The summed E-state index contributed by atoms with van der Waals surface area (Å²) in [6.45, 7) is 0.849. The van der Waals surface area contributed by atoms with E-state index in [2.05, 4.69) is 15.0 Å². The molecule has 1 aromatic rings. The van der Waals surface area contributed by atoms with Crippen molar-refractivity contribution in [3.05, 3.63) is 24.0 Å². The number of likely N-dealkylation sites (N-methyl/N-ethyl adjacent to an activating group) is 1. The number of aromatic nitrogens is 1. The molecule has 0 amide bonds. The number of nitrogens with zero attached hydrogens (tertiary/aromatic N) is 2. The summed E-state index contributed by atoms with van der Waals surface area (Å²) < 4.78 is 25.7. The van der Waals surface area contributed by atoms with Gasteiger partial charge in [0, 0.05) is 19.3 Å². The molecule has 0 saturated heterocycles. The third-order valence-electron chi connectivity index (χ3n) is 1.83. The minimum atomic E-state index is -3.52. The van der Waals surface area contributed by atoms with Crippen LogP contribution in [0.2, 0.25) is 0 Å². The molecule has 0 fully saturated rings. The van der Waals surface area contributed by atoms with E-state index in [1.807, 2.05) is 6.07 Å². The first-order chi connectivity index (χ1) is 7.60. The summed E-state index contributed by atoms with van der Waals surface area (Å²) in [7, 11) is -1.79. The van der Waals surface area contributed by atoms with E-state index in [9.17, 15) is 8.42 Å². The molecular weight excluding hydrogens is 228 g/mol. The topological polar surface area (TPSA) is 94.9 Å². The van der Waals surface area contributed by atoms with Crippen molar-refractivity contribution in [2.75, 3.05) is 20.1 Å². The van der Waals surface area contributed by atoms with Crippen molar-refractivity contribution in [2.24, 2.45) is 0 Å². The van der Waals surface area contributed by atoms with Crippen molar-refractivity contribution in [1.82, 2.24) is 15.0 Å². The maximum Gasteiger partial charge on any atom is 0.242 e. The standard InChI is InChI=1S/C9H12N4O2S/c1-11-4-5-13-16(14,15)9-3-2-8(6-10)12-7-9/h2-3,7,11,13H,4-5H2,1H3. The van der Waals surface area contributed by atoms with Gasteiger partial charge >= 0.3 is 0 Å². The van der Waals surface area contributed by atoms with Crippen LogP contribution in [0.25, 0.3) is 0 Å². The van der Waals surface area contributed by atoms with Crippen molar-refractivity contribution in [3.8, 4) is 6.07 Å². The smallest absolute Gasteiger partial charge is 0.242 e. The molecule has 0 unspecified atom stereocenters. The zero-order valence-corrected chi connectivity index (χ0v) is 9.58. The van der Waals surface area contributed by atoms with Gasteiger partial charge in [-0.3, -0.25) is 0 Å². The van der Waals surface area contributed by atoms with Crippen molar-refractivity contribution in [1.29, 1.82) is 5.26 Å². The van der Waals surface area contributed by atoms with E-state index < -0.39 is 10.0 Å². The molecule has 0 aliphatic rings. The maximum atomic E-state index is 11.6. The Hall–Kier alpha value is -1.49. The first kappa shape index (κ1) is 12.6. The predicted molar refractivity (Wildman–Crippen MR) is 58.1 cm³/mol. The normalized spacial score (nSPS) is 11.0. The zero-order valence-electron chi connectivity index (χ0n) is 8.77. The highest BCUT2D eigenvalue weighted by atomic mass is 32.2. The lowest BCUT2D eigenvalue weighted by Crippen LogP contribution is -2.30. The third-order valence-corrected chi connectivity index (χ3v) is 3.27. The van der Waals surface area contributed by atoms with Crippen LogP contribution in [0.15, 0.2) is 23.2 Å². The summed E-state index contributed by atoms with van der Waals surface area (Å²) in [5, 5.41) is 11.3. The van der Waals surface area contributed by atoms with Crippen LogP contribution >= 0.6 is 0 Å². The molecule has 0 saturated carbocycles. The molecule has 7 heteroatoms. The fourth-order valence-corrected chi connectivity index (χ4v) is 1.98. The third kappa shape index (κ3) is 3.27. The lowest BCUT2D eigenvalue weighted by atomic mass is 10.4. The second-order valence-electron chi connectivity index (χ2n) is 2.99. The number of nitrogens with one attached hydrogen (secondary N) is 2. The average molecular weight is 240 g/mol. The lowest BCUT2D eigenvalue weighted by molar-refractivity contribution is 0.579. The van der Waals surface area contributed by atoms with Gasteiger partial charge in [-0.2, -0.15) is 5.26 Å². The Kier molecular flexibility index (Phi) is 4.37. The summed E-state index contributed by atoms with van der Waals surface area (Å²) in [6, 6.07) is 4.54. The van der Waals surface area contributed by atoms with E-state index >= 15 is 0 Å². The minimum Gasteiger partial charge on any atom is -0.318 e. The molecule has 1 heterocycles. The average Bonchev–Trinajstić information content (AvgIpc) is 2.29. The number of pyridine rings is 1. The Morgan fingerprint density at radius 3 is 2.69 bits per heavy atom. The van der Waals surface area contributed by atoms with E-state index in [1.54, 1.807) is 7.05 Å². The number of hydrogen-bond donors (Lipinski definition) is 2. The summed E-state index contributed by atoms with van der Waals surface area (Å²) in [5.74, 6) is 0. The Morgan fingerprint density at radius 1 is 1.44 bits per heavy atom. The van der Waals surface area contributed by atoms with Gasteiger partial charge in [-0.05, 0) is 19.2 Å². The molecule has 0 aliphatic heterocycles. The second kappa shape index (κ2) is 5.55. The molecule has 2 N–H and O–H groups in total. The van der Waals surface area contributed by atoms with Gasteiger partial charge in [-0.1, -0.05) is 0 Å². The zero-order chi connectivity index (χ0) is 12.0. The maximum absolute atomic E-state index is 11.6. The van der Waals surface area contributed by atoms with Crippen LogP contribution in [0.3, 0.4) is 0 Å². The highest BCUT2D eigenvalue weighted by Crippen LogP contribution is 2.06. The second-order valence-corrected chi connectivity index (χ2v) is 4.76. The van der Waals surface area contributed by atoms with Gasteiger partial charge in [0.25, 0.3) is 0 Å². The summed E-state index contributed by atoms with van der Waals surface area (Å²) in [6.07, 6.45) is 1.17. The Bertz CT molecular complexity index is 475. The summed E-state index contributed by atoms with van der Waals surface area (Å²) in [4.78, 5) is 3.75. The van der Waals surface area contributed by atoms with E-state index in [1.165, 1.54) is 18.3 Å². The van der Waals surface area contributed by atoms with Gasteiger partial charge in [0.1, 0.15) is 16.7 Å². The minimum absolute atomic E-state index is 0.0580. The number of hydrogen-bond acceptors (Lipinski definition) is 5. The molecule has 1 rings (SSSR count). The Balaban J connectivity index is 2.79. The van der Waals surface area contributed by atoms with E-state index in [4.69, 9.17) is 5.26 Å². The van der Waals surface area contributed by atoms with Gasteiger partial charge < -0.3 is 5.32 Å². The van der Waals surface area contributed by atoms with Crippen molar-refractivity contribution >= 4 is 10.0 Å². The highest BCUT2D eigenvalue weighted by molar-refractivity contribution is 7.89. The molecular formula is C9H12N4O2S. The van der Waals surface area contributed by atoms with Crippen LogP contribution in [0, 0.1) is 11.3 Å². The van der Waals surface area contributed by atoms with Crippen LogP contribution in [0.5, 0.6) is 0 Å². The van der Waals surface area contributed by atoms with Crippen LogP contribution in [-0.4, -0.2) is 33.5 Å². The monoisotopic (exact) mass is 240 g/mol. The molecule has 1 aromatic heterocycles. The lowest BCUT2D eigenvalue weighted by Gasteiger charge is -2.05. The number of nitriles is 1.